The predicted octanol–water partition coefficient (Wildman–Crippen LogP) is 4.30. The molecule has 0 aliphatic heterocycles. The molecule has 2 aromatic rings. The minimum absolute atomic E-state index is 0.594. The van der Waals surface area contributed by atoms with E-state index in [0.717, 1.165) is 21.7 Å². The second kappa shape index (κ2) is 4.32. The molecule has 0 unspecified atom stereocenters. The first-order valence-electron chi connectivity index (χ1n) is 6.33. The molecular formula is C15H16N2S. The molecule has 1 N–H and O–H groups in total. The van der Waals surface area contributed by atoms with E-state index in [0.29, 0.717) is 5.92 Å². The van der Waals surface area contributed by atoms with E-state index in [-0.39, 0.29) is 0 Å². The third-order valence-corrected chi connectivity index (χ3v) is 3.87. The maximum atomic E-state index is 5.37. The maximum Gasteiger partial charge on any atom is 0.133 e. The van der Waals surface area contributed by atoms with Gasteiger partial charge >= 0.3 is 0 Å². The summed E-state index contributed by atoms with van der Waals surface area (Å²) in [6.07, 6.45) is 2.46. The van der Waals surface area contributed by atoms with Crippen molar-refractivity contribution in [3.63, 3.8) is 0 Å². The highest BCUT2D eigenvalue weighted by molar-refractivity contribution is 7.71. The second-order valence-electron chi connectivity index (χ2n) is 5.07. The fourth-order valence-corrected chi connectivity index (χ4v) is 2.31. The molecule has 0 radical (unpaired) electrons. The predicted molar refractivity (Wildman–Crippen MR) is 76.3 cm³/mol. The minimum Gasteiger partial charge on any atom is -0.343 e. The summed E-state index contributed by atoms with van der Waals surface area (Å²) in [6.45, 7) is 4.14. The molecule has 92 valence electrons. The molecule has 1 aromatic heterocycles. The van der Waals surface area contributed by atoms with Crippen molar-refractivity contribution in [1.82, 2.24) is 9.97 Å². The summed E-state index contributed by atoms with van der Waals surface area (Å²) in [6, 6.07) is 8.53. The average molecular weight is 256 g/mol. The van der Waals surface area contributed by atoms with Crippen LogP contribution in [0.4, 0.5) is 0 Å². The summed E-state index contributed by atoms with van der Waals surface area (Å²) in [7, 11) is 0. The first kappa shape index (κ1) is 11.6. The van der Waals surface area contributed by atoms with E-state index >= 15 is 0 Å². The fraction of sp³-hybridized carbons (Fsp3) is 0.333. The number of nitrogens with zero attached hydrogens (tertiary/aromatic N) is 1. The van der Waals surface area contributed by atoms with Crippen molar-refractivity contribution in [1.29, 1.82) is 0 Å². The van der Waals surface area contributed by atoms with E-state index in [4.69, 9.17) is 12.2 Å². The van der Waals surface area contributed by atoms with Crippen LogP contribution in [0.3, 0.4) is 0 Å². The van der Waals surface area contributed by atoms with Crippen molar-refractivity contribution in [2.24, 2.45) is 0 Å². The average Bonchev–Trinajstić information content (AvgIpc) is 3.18. The summed E-state index contributed by atoms with van der Waals surface area (Å²) in [5.41, 5.74) is 4.65. The Hall–Kier alpha value is -1.48. The van der Waals surface area contributed by atoms with Crippen LogP contribution < -0.4 is 0 Å². The Balaban J connectivity index is 2.15. The van der Waals surface area contributed by atoms with Crippen LogP contribution in [0.25, 0.3) is 11.3 Å². The molecule has 1 aliphatic carbocycles. The summed E-state index contributed by atoms with van der Waals surface area (Å²) in [4.78, 5) is 7.97. The van der Waals surface area contributed by atoms with Crippen LogP contribution in [0.15, 0.2) is 24.3 Å². The molecule has 0 amide bonds. The van der Waals surface area contributed by atoms with Crippen LogP contribution in [0.2, 0.25) is 0 Å². The topological polar surface area (TPSA) is 28.7 Å². The highest BCUT2D eigenvalue weighted by Gasteiger charge is 2.26. The fourth-order valence-electron chi connectivity index (χ4n) is 2.11. The lowest BCUT2D eigenvalue weighted by Crippen LogP contribution is -1.99. The molecule has 1 fully saturated rings. The van der Waals surface area contributed by atoms with E-state index in [1.807, 2.05) is 6.92 Å². The normalized spacial score (nSPS) is 14.8. The van der Waals surface area contributed by atoms with Gasteiger partial charge in [-0.15, -0.1) is 0 Å². The van der Waals surface area contributed by atoms with Gasteiger partial charge in [0.05, 0.1) is 5.69 Å². The summed E-state index contributed by atoms with van der Waals surface area (Å²) in [5.74, 6) is 1.65. The maximum absolute atomic E-state index is 5.37. The molecule has 18 heavy (non-hydrogen) atoms. The first-order valence-corrected chi connectivity index (χ1v) is 6.74. The zero-order chi connectivity index (χ0) is 12.7. The smallest absolute Gasteiger partial charge is 0.133 e. The van der Waals surface area contributed by atoms with Crippen LogP contribution in [-0.4, -0.2) is 9.97 Å². The molecule has 0 atom stereocenters. The number of aromatic nitrogens is 2. The van der Waals surface area contributed by atoms with Gasteiger partial charge in [0.15, 0.2) is 0 Å². The number of benzene rings is 1. The Bertz CT molecular complexity index is 637. The van der Waals surface area contributed by atoms with Gasteiger partial charge in [0, 0.05) is 11.5 Å². The van der Waals surface area contributed by atoms with Gasteiger partial charge < -0.3 is 4.98 Å². The Labute approximate surface area is 112 Å². The summed E-state index contributed by atoms with van der Waals surface area (Å²) < 4.78 is 0.728. The second-order valence-corrected chi connectivity index (χ2v) is 5.45. The lowest BCUT2D eigenvalue weighted by atomic mass is 10.1. The van der Waals surface area contributed by atoms with Crippen molar-refractivity contribution in [3.8, 4) is 11.3 Å². The standard InChI is InChI=1S/C15H16N2S/c1-9-3-5-11(6-4-9)13-10(2)15(18)17-14(16-13)12-7-8-12/h3-6,12H,7-8H2,1-2H3,(H,16,17,18). The molecule has 1 heterocycles. The summed E-state index contributed by atoms with van der Waals surface area (Å²) >= 11 is 5.37. The Kier molecular flexibility index (Phi) is 2.78. The number of rotatable bonds is 2. The number of hydrogen-bond donors (Lipinski definition) is 1. The molecule has 2 nitrogen and oxygen atoms in total. The molecule has 3 heteroatoms. The lowest BCUT2D eigenvalue weighted by molar-refractivity contribution is 0.914. The number of H-pyrrole nitrogens is 1. The summed E-state index contributed by atoms with van der Waals surface area (Å²) in [5, 5.41) is 0. The zero-order valence-corrected chi connectivity index (χ0v) is 11.5. The number of aromatic amines is 1. The van der Waals surface area contributed by atoms with Gasteiger partial charge in [0.2, 0.25) is 0 Å². The van der Waals surface area contributed by atoms with Gasteiger partial charge in [-0.25, -0.2) is 4.98 Å². The molecule has 1 saturated carbocycles. The van der Waals surface area contributed by atoms with Gasteiger partial charge in [-0.05, 0) is 32.3 Å². The Morgan fingerprint density at radius 2 is 1.83 bits per heavy atom. The van der Waals surface area contributed by atoms with Crippen LogP contribution in [0.1, 0.15) is 35.7 Å². The quantitative estimate of drug-likeness (QED) is 0.811. The van der Waals surface area contributed by atoms with E-state index in [2.05, 4.69) is 41.2 Å². The van der Waals surface area contributed by atoms with Gasteiger partial charge in [-0.1, -0.05) is 42.0 Å². The van der Waals surface area contributed by atoms with Gasteiger partial charge in [-0.2, -0.15) is 0 Å². The molecule has 1 aliphatic rings. The monoisotopic (exact) mass is 256 g/mol. The molecule has 3 rings (SSSR count). The number of hydrogen-bond acceptors (Lipinski definition) is 2. The molecular weight excluding hydrogens is 240 g/mol. The van der Waals surface area contributed by atoms with Crippen LogP contribution >= 0.6 is 12.2 Å². The lowest BCUT2D eigenvalue weighted by Gasteiger charge is -2.09. The Morgan fingerprint density at radius 1 is 1.17 bits per heavy atom. The van der Waals surface area contributed by atoms with Gasteiger partial charge in [0.25, 0.3) is 0 Å². The van der Waals surface area contributed by atoms with E-state index in [9.17, 15) is 0 Å². The van der Waals surface area contributed by atoms with Crippen molar-refractivity contribution in [2.75, 3.05) is 0 Å². The first-order chi connectivity index (χ1) is 8.65. The Morgan fingerprint density at radius 3 is 2.44 bits per heavy atom. The van der Waals surface area contributed by atoms with Gasteiger partial charge in [0.1, 0.15) is 10.5 Å². The third-order valence-electron chi connectivity index (χ3n) is 3.48. The van der Waals surface area contributed by atoms with Crippen LogP contribution in [0, 0.1) is 18.5 Å². The van der Waals surface area contributed by atoms with Crippen molar-refractivity contribution in [2.45, 2.75) is 32.6 Å². The number of nitrogens with one attached hydrogen (secondary N) is 1. The molecule has 0 saturated heterocycles. The highest BCUT2D eigenvalue weighted by Crippen LogP contribution is 2.39. The third kappa shape index (κ3) is 2.10. The van der Waals surface area contributed by atoms with E-state index in [1.165, 1.54) is 24.0 Å². The molecule has 1 aromatic carbocycles. The minimum atomic E-state index is 0.594. The van der Waals surface area contributed by atoms with Crippen LogP contribution in [-0.2, 0) is 0 Å². The number of aryl methyl sites for hydroxylation is 1. The van der Waals surface area contributed by atoms with Crippen molar-refractivity contribution >= 4 is 12.2 Å². The van der Waals surface area contributed by atoms with E-state index < -0.39 is 0 Å². The SMILES string of the molecule is Cc1ccc(-c2[nH]c(C3CC3)nc(=S)c2C)cc1. The van der Waals surface area contributed by atoms with Crippen molar-refractivity contribution in [3.05, 3.63) is 45.9 Å². The zero-order valence-electron chi connectivity index (χ0n) is 10.7. The van der Waals surface area contributed by atoms with Gasteiger partial charge in [-0.3, -0.25) is 0 Å². The molecule has 0 spiro atoms. The van der Waals surface area contributed by atoms with Crippen molar-refractivity contribution < 1.29 is 0 Å². The highest BCUT2D eigenvalue weighted by atomic mass is 32.1. The van der Waals surface area contributed by atoms with E-state index in [1.54, 1.807) is 0 Å². The molecule has 0 bridgehead atoms. The van der Waals surface area contributed by atoms with Crippen LogP contribution in [0.5, 0.6) is 0 Å². The largest absolute Gasteiger partial charge is 0.343 e.